The van der Waals surface area contributed by atoms with Crippen molar-refractivity contribution in [2.45, 2.75) is 44.8 Å². The summed E-state index contributed by atoms with van der Waals surface area (Å²) in [5.41, 5.74) is 0.491. The lowest BCUT2D eigenvalue weighted by molar-refractivity contribution is 0.0897. The Morgan fingerprint density at radius 3 is 2.86 bits per heavy atom. The zero-order chi connectivity index (χ0) is 15.9. The molecule has 0 spiro atoms. The topological polar surface area (TPSA) is 56.8 Å². The van der Waals surface area contributed by atoms with Crippen molar-refractivity contribution in [1.82, 2.24) is 5.32 Å². The monoisotopic (exact) mass is 307 g/mol. The van der Waals surface area contributed by atoms with Crippen molar-refractivity contribution < 1.29 is 19.0 Å². The molecular formula is C17H25NO4. The van der Waals surface area contributed by atoms with Crippen LogP contribution < -0.4 is 14.8 Å². The number of hydrogen-bond donors (Lipinski definition) is 1. The van der Waals surface area contributed by atoms with Gasteiger partial charge in [-0.3, -0.25) is 4.79 Å². The standard InChI is InChI=1S/C17H25NO4/c1-12(6-7-13-5-4-10-22-13)18-17(19)15-11-14(20-2)8-9-16(15)21-3/h8-9,11-13H,4-7,10H2,1-3H3,(H,18,19). The summed E-state index contributed by atoms with van der Waals surface area (Å²) in [6.07, 6.45) is 4.52. The van der Waals surface area contributed by atoms with E-state index >= 15 is 0 Å². The highest BCUT2D eigenvalue weighted by Crippen LogP contribution is 2.24. The predicted molar refractivity (Wildman–Crippen MR) is 84.7 cm³/mol. The maximum absolute atomic E-state index is 12.4. The molecule has 1 saturated heterocycles. The molecule has 2 atom stereocenters. The second-order valence-corrected chi connectivity index (χ2v) is 5.65. The van der Waals surface area contributed by atoms with Crippen molar-refractivity contribution in [3.8, 4) is 11.5 Å². The zero-order valence-corrected chi connectivity index (χ0v) is 13.6. The van der Waals surface area contributed by atoms with Crippen molar-refractivity contribution >= 4 is 5.91 Å². The highest BCUT2D eigenvalue weighted by molar-refractivity contribution is 5.97. The minimum atomic E-state index is -0.143. The Morgan fingerprint density at radius 1 is 1.41 bits per heavy atom. The molecule has 2 unspecified atom stereocenters. The van der Waals surface area contributed by atoms with Crippen molar-refractivity contribution in [1.29, 1.82) is 0 Å². The Bertz CT molecular complexity index is 497. The maximum Gasteiger partial charge on any atom is 0.255 e. The van der Waals surface area contributed by atoms with Crippen LogP contribution in [0.1, 0.15) is 43.0 Å². The van der Waals surface area contributed by atoms with Crippen LogP contribution in [0.15, 0.2) is 18.2 Å². The SMILES string of the molecule is COc1ccc(OC)c(C(=O)NC(C)CCC2CCCO2)c1. The molecule has 0 radical (unpaired) electrons. The first-order chi connectivity index (χ1) is 10.6. The van der Waals surface area contributed by atoms with Crippen LogP contribution in [0.3, 0.4) is 0 Å². The van der Waals surface area contributed by atoms with Crippen molar-refractivity contribution in [2.75, 3.05) is 20.8 Å². The van der Waals surface area contributed by atoms with Crippen LogP contribution >= 0.6 is 0 Å². The minimum Gasteiger partial charge on any atom is -0.497 e. The molecule has 5 heteroatoms. The van der Waals surface area contributed by atoms with E-state index in [0.717, 1.165) is 32.3 Å². The van der Waals surface area contributed by atoms with E-state index < -0.39 is 0 Å². The molecule has 0 bridgehead atoms. The first kappa shape index (κ1) is 16.6. The van der Waals surface area contributed by atoms with Gasteiger partial charge in [0.05, 0.1) is 25.9 Å². The van der Waals surface area contributed by atoms with E-state index in [4.69, 9.17) is 14.2 Å². The summed E-state index contributed by atoms with van der Waals surface area (Å²) in [7, 11) is 3.13. The molecule has 1 heterocycles. The molecule has 1 aliphatic heterocycles. The van der Waals surface area contributed by atoms with Crippen LogP contribution in [0.2, 0.25) is 0 Å². The molecule has 5 nitrogen and oxygen atoms in total. The van der Waals surface area contributed by atoms with Crippen molar-refractivity contribution in [3.63, 3.8) is 0 Å². The zero-order valence-electron chi connectivity index (χ0n) is 13.6. The number of benzene rings is 1. The van der Waals surface area contributed by atoms with Gasteiger partial charge in [-0.05, 0) is 50.8 Å². The van der Waals surface area contributed by atoms with Gasteiger partial charge in [-0.25, -0.2) is 0 Å². The molecule has 1 aromatic carbocycles. The van der Waals surface area contributed by atoms with Crippen LogP contribution in [-0.4, -0.2) is 38.9 Å². The number of amides is 1. The smallest absolute Gasteiger partial charge is 0.255 e. The van der Waals surface area contributed by atoms with Gasteiger partial charge in [-0.1, -0.05) is 0 Å². The summed E-state index contributed by atoms with van der Waals surface area (Å²) >= 11 is 0. The molecule has 1 amide bonds. The van der Waals surface area contributed by atoms with Crippen molar-refractivity contribution in [3.05, 3.63) is 23.8 Å². The third-order valence-corrected chi connectivity index (χ3v) is 3.97. The molecule has 0 saturated carbocycles. The molecule has 0 aliphatic carbocycles. The van der Waals surface area contributed by atoms with Crippen LogP contribution in [-0.2, 0) is 4.74 Å². The average Bonchev–Trinajstić information content (AvgIpc) is 3.05. The van der Waals surface area contributed by atoms with Gasteiger partial charge >= 0.3 is 0 Å². The lowest BCUT2D eigenvalue weighted by Gasteiger charge is -2.17. The number of carbonyl (C=O) groups is 1. The Labute approximate surface area is 131 Å². The van der Waals surface area contributed by atoms with Gasteiger partial charge in [-0.2, -0.15) is 0 Å². The van der Waals surface area contributed by atoms with E-state index in [2.05, 4.69) is 5.32 Å². The molecule has 2 rings (SSSR count). The Morgan fingerprint density at radius 2 is 2.23 bits per heavy atom. The van der Waals surface area contributed by atoms with Crippen molar-refractivity contribution in [2.24, 2.45) is 0 Å². The average molecular weight is 307 g/mol. The first-order valence-electron chi connectivity index (χ1n) is 7.78. The quantitative estimate of drug-likeness (QED) is 0.841. The van der Waals surface area contributed by atoms with E-state index in [1.807, 2.05) is 6.92 Å². The second kappa shape index (κ2) is 8.03. The fourth-order valence-electron chi connectivity index (χ4n) is 2.67. The van der Waals surface area contributed by atoms with Crippen LogP contribution in [0.25, 0.3) is 0 Å². The van der Waals surface area contributed by atoms with Gasteiger partial charge in [0.1, 0.15) is 11.5 Å². The number of methoxy groups -OCH3 is 2. The number of hydrogen-bond acceptors (Lipinski definition) is 4. The minimum absolute atomic E-state index is 0.0904. The summed E-state index contributed by atoms with van der Waals surface area (Å²) in [5.74, 6) is 1.04. The molecule has 1 aromatic rings. The van der Waals surface area contributed by atoms with Gasteiger partial charge in [-0.15, -0.1) is 0 Å². The summed E-state index contributed by atoms with van der Waals surface area (Å²) in [4.78, 5) is 12.4. The van der Waals surface area contributed by atoms with Gasteiger partial charge in [0.25, 0.3) is 5.91 Å². The van der Waals surface area contributed by atoms with E-state index in [1.165, 1.54) is 0 Å². The fraction of sp³-hybridized carbons (Fsp3) is 0.588. The molecule has 0 aromatic heterocycles. The van der Waals surface area contributed by atoms with Gasteiger partial charge in [0.2, 0.25) is 0 Å². The molecule has 1 fully saturated rings. The van der Waals surface area contributed by atoms with E-state index in [9.17, 15) is 4.79 Å². The van der Waals surface area contributed by atoms with Gasteiger partial charge in [0, 0.05) is 12.6 Å². The summed E-state index contributed by atoms with van der Waals surface area (Å²) in [6.45, 7) is 2.88. The number of nitrogens with one attached hydrogen (secondary N) is 1. The second-order valence-electron chi connectivity index (χ2n) is 5.65. The van der Waals surface area contributed by atoms with E-state index in [1.54, 1.807) is 32.4 Å². The summed E-state index contributed by atoms with van der Waals surface area (Å²) in [5, 5.41) is 3.02. The molecule has 1 aliphatic rings. The molecule has 122 valence electrons. The van der Waals surface area contributed by atoms with E-state index in [-0.39, 0.29) is 11.9 Å². The van der Waals surface area contributed by atoms with Crippen LogP contribution in [0.4, 0.5) is 0 Å². The Hall–Kier alpha value is -1.75. The summed E-state index contributed by atoms with van der Waals surface area (Å²) < 4.78 is 16.0. The third kappa shape index (κ3) is 4.37. The predicted octanol–water partition coefficient (Wildman–Crippen LogP) is 2.78. The third-order valence-electron chi connectivity index (χ3n) is 3.97. The number of carbonyl (C=O) groups excluding carboxylic acids is 1. The molecule has 22 heavy (non-hydrogen) atoms. The number of rotatable bonds is 7. The lowest BCUT2D eigenvalue weighted by atomic mass is 10.1. The van der Waals surface area contributed by atoms with E-state index in [0.29, 0.717) is 23.2 Å². The Balaban J connectivity index is 1.92. The van der Waals surface area contributed by atoms with Gasteiger partial charge in [0.15, 0.2) is 0 Å². The molecular weight excluding hydrogens is 282 g/mol. The summed E-state index contributed by atoms with van der Waals surface area (Å²) in [6, 6.07) is 5.30. The Kier molecular flexibility index (Phi) is 6.07. The lowest BCUT2D eigenvalue weighted by Crippen LogP contribution is -2.33. The van der Waals surface area contributed by atoms with Gasteiger partial charge < -0.3 is 19.5 Å². The number of ether oxygens (including phenoxy) is 3. The fourth-order valence-corrected chi connectivity index (χ4v) is 2.67. The highest BCUT2D eigenvalue weighted by atomic mass is 16.5. The largest absolute Gasteiger partial charge is 0.497 e. The van der Waals surface area contributed by atoms with Crippen LogP contribution in [0, 0.1) is 0 Å². The van der Waals surface area contributed by atoms with Crippen LogP contribution in [0.5, 0.6) is 11.5 Å². The maximum atomic E-state index is 12.4. The normalized spacial score (nSPS) is 18.8. The molecule has 1 N–H and O–H groups in total. The first-order valence-corrected chi connectivity index (χ1v) is 7.78. The highest BCUT2D eigenvalue weighted by Gasteiger charge is 2.19.